The maximum atomic E-state index is 12.8. The summed E-state index contributed by atoms with van der Waals surface area (Å²) in [6, 6.07) is 20.0. The SMILES string of the molecule is CC[N+](CC)=C1SC(CC(=O)c2ccccc2)(c2ccccc2)S1. The molecule has 0 atom stereocenters. The molecule has 0 spiro atoms. The zero-order valence-corrected chi connectivity index (χ0v) is 15.7. The minimum absolute atomic E-state index is 0.202. The van der Waals surface area contributed by atoms with Crippen molar-refractivity contribution in [1.29, 1.82) is 0 Å². The molecular formula is C20H22NOS2+. The van der Waals surface area contributed by atoms with Crippen LogP contribution in [0.25, 0.3) is 0 Å². The van der Waals surface area contributed by atoms with E-state index in [0.717, 1.165) is 18.7 Å². The largest absolute Gasteiger partial charge is 0.294 e. The number of ketones is 1. The predicted octanol–water partition coefficient (Wildman–Crippen LogP) is 5.00. The Labute approximate surface area is 152 Å². The predicted molar refractivity (Wildman–Crippen MR) is 105 cm³/mol. The number of hydrogen-bond donors (Lipinski definition) is 0. The van der Waals surface area contributed by atoms with Gasteiger partial charge in [0.1, 0.15) is 17.2 Å². The number of carbonyl (C=O) groups excluding carboxylic acids is 1. The second-order valence-corrected chi connectivity index (χ2v) is 8.82. The number of hydrogen-bond acceptors (Lipinski definition) is 3. The minimum Gasteiger partial charge on any atom is -0.294 e. The molecule has 1 aliphatic heterocycles. The average Bonchev–Trinajstić information content (AvgIpc) is 2.61. The smallest absolute Gasteiger partial charge is 0.273 e. The molecule has 0 radical (unpaired) electrons. The van der Waals surface area contributed by atoms with Crippen molar-refractivity contribution in [2.24, 2.45) is 0 Å². The molecule has 1 fully saturated rings. The standard InChI is InChI=1S/C20H22NOS2/c1-3-21(4-2)19-23-20(24-19,17-13-9-6-10-14-17)15-18(22)16-11-7-5-8-12-16/h5-14H,3-4,15H2,1-2H3/q+1. The van der Waals surface area contributed by atoms with Crippen LogP contribution >= 0.6 is 23.5 Å². The van der Waals surface area contributed by atoms with Crippen molar-refractivity contribution in [3.8, 4) is 0 Å². The van der Waals surface area contributed by atoms with Gasteiger partial charge in [0.05, 0.1) is 0 Å². The van der Waals surface area contributed by atoms with Gasteiger partial charge in [-0.15, -0.1) is 0 Å². The number of carbonyl (C=O) groups is 1. The Balaban J connectivity index is 1.88. The van der Waals surface area contributed by atoms with Crippen molar-refractivity contribution in [3.63, 3.8) is 0 Å². The lowest BCUT2D eigenvalue weighted by molar-refractivity contribution is -0.515. The van der Waals surface area contributed by atoms with Crippen LogP contribution in [-0.4, -0.2) is 27.8 Å². The van der Waals surface area contributed by atoms with E-state index in [9.17, 15) is 4.79 Å². The Kier molecular flexibility index (Phi) is 5.47. The molecule has 2 aromatic rings. The molecule has 0 saturated carbocycles. The highest BCUT2D eigenvalue weighted by atomic mass is 32.3. The molecule has 0 aliphatic carbocycles. The van der Waals surface area contributed by atoms with Crippen molar-refractivity contribution in [2.45, 2.75) is 24.3 Å². The van der Waals surface area contributed by atoms with Crippen LogP contribution in [0.4, 0.5) is 0 Å². The van der Waals surface area contributed by atoms with Crippen LogP contribution in [0.2, 0.25) is 0 Å². The second kappa shape index (κ2) is 7.58. The molecule has 24 heavy (non-hydrogen) atoms. The third kappa shape index (κ3) is 3.45. The van der Waals surface area contributed by atoms with Gasteiger partial charge in [-0.25, -0.2) is 4.58 Å². The number of thioether (sulfide) groups is 2. The fourth-order valence-electron chi connectivity index (χ4n) is 2.82. The molecule has 0 N–H and O–H groups in total. The Morgan fingerprint density at radius 1 is 0.917 bits per heavy atom. The molecule has 0 bridgehead atoms. The first-order chi connectivity index (χ1) is 11.7. The Bertz CT molecular complexity index is 727. The number of Topliss-reactive ketones (excluding diaryl/α,β-unsaturated/α-hetero) is 1. The van der Waals surface area contributed by atoms with Crippen LogP contribution in [-0.2, 0) is 4.08 Å². The molecule has 3 rings (SSSR count). The minimum atomic E-state index is -0.202. The van der Waals surface area contributed by atoms with Crippen LogP contribution in [0.1, 0.15) is 36.2 Å². The van der Waals surface area contributed by atoms with Gasteiger partial charge >= 0.3 is 0 Å². The molecule has 4 heteroatoms. The molecular weight excluding hydrogens is 334 g/mol. The second-order valence-electron chi connectivity index (χ2n) is 5.73. The van der Waals surface area contributed by atoms with Crippen LogP contribution in [0.5, 0.6) is 0 Å². The quantitative estimate of drug-likeness (QED) is 0.536. The maximum Gasteiger partial charge on any atom is 0.273 e. The summed E-state index contributed by atoms with van der Waals surface area (Å²) in [5, 5.41) is 0. The normalized spacial score (nSPS) is 19.7. The highest BCUT2D eigenvalue weighted by Crippen LogP contribution is 2.61. The van der Waals surface area contributed by atoms with Crippen molar-refractivity contribution in [3.05, 3.63) is 71.8 Å². The summed E-state index contributed by atoms with van der Waals surface area (Å²) >= 11 is 3.68. The molecule has 2 nitrogen and oxygen atoms in total. The first-order valence-corrected chi connectivity index (χ1v) is 9.95. The maximum absolute atomic E-state index is 12.8. The summed E-state index contributed by atoms with van der Waals surface area (Å²) in [5.74, 6) is 0.207. The number of rotatable bonds is 6. The van der Waals surface area contributed by atoms with Crippen molar-refractivity contribution in [2.75, 3.05) is 13.1 Å². The van der Waals surface area contributed by atoms with E-state index in [1.54, 1.807) is 0 Å². The van der Waals surface area contributed by atoms with E-state index < -0.39 is 0 Å². The van der Waals surface area contributed by atoms with E-state index >= 15 is 0 Å². The van der Waals surface area contributed by atoms with Crippen molar-refractivity contribution in [1.82, 2.24) is 0 Å². The molecule has 1 heterocycles. The molecule has 0 aromatic heterocycles. The van der Waals surface area contributed by atoms with Gasteiger partial charge in [0.15, 0.2) is 5.78 Å². The van der Waals surface area contributed by atoms with Gasteiger partial charge in [-0.3, -0.25) is 4.79 Å². The number of benzene rings is 2. The van der Waals surface area contributed by atoms with E-state index in [-0.39, 0.29) is 9.86 Å². The lowest BCUT2D eigenvalue weighted by Gasteiger charge is -2.38. The summed E-state index contributed by atoms with van der Waals surface area (Å²) in [7, 11) is 0. The van der Waals surface area contributed by atoms with E-state index in [1.807, 2.05) is 59.9 Å². The van der Waals surface area contributed by atoms with Crippen molar-refractivity contribution >= 4 is 33.7 Å². The Morgan fingerprint density at radius 3 is 2.00 bits per heavy atom. The summed E-state index contributed by atoms with van der Waals surface area (Å²) in [6.45, 7) is 6.36. The first kappa shape index (κ1) is 17.3. The van der Waals surface area contributed by atoms with E-state index in [1.165, 1.54) is 9.94 Å². The lowest BCUT2D eigenvalue weighted by Crippen LogP contribution is -2.36. The van der Waals surface area contributed by atoms with Crippen LogP contribution < -0.4 is 0 Å². The summed E-state index contributed by atoms with van der Waals surface area (Å²) in [6.07, 6.45) is 0.515. The van der Waals surface area contributed by atoms with Gasteiger partial charge in [-0.2, -0.15) is 0 Å². The van der Waals surface area contributed by atoms with Crippen LogP contribution in [0, 0.1) is 0 Å². The highest BCUT2D eigenvalue weighted by molar-refractivity contribution is 8.53. The van der Waals surface area contributed by atoms with Gasteiger partial charge in [-0.05, 0) is 42.9 Å². The van der Waals surface area contributed by atoms with Crippen LogP contribution in [0.3, 0.4) is 0 Å². The summed E-state index contributed by atoms with van der Waals surface area (Å²) in [4.78, 5) is 12.8. The zero-order valence-electron chi connectivity index (χ0n) is 14.1. The molecule has 124 valence electrons. The molecule has 1 saturated heterocycles. The summed E-state index contributed by atoms with van der Waals surface area (Å²) in [5.41, 5.74) is 2.02. The summed E-state index contributed by atoms with van der Waals surface area (Å²) < 4.78 is 3.49. The van der Waals surface area contributed by atoms with Gasteiger partial charge in [0, 0.05) is 12.0 Å². The third-order valence-electron chi connectivity index (χ3n) is 4.23. The fraction of sp³-hybridized carbons (Fsp3) is 0.300. The van der Waals surface area contributed by atoms with Gasteiger partial charge in [-0.1, -0.05) is 60.7 Å². The third-order valence-corrected chi connectivity index (χ3v) is 7.51. The number of nitrogens with zero attached hydrogens (tertiary/aromatic N) is 1. The molecule has 0 amide bonds. The highest BCUT2D eigenvalue weighted by Gasteiger charge is 2.51. The Morgan fingerprint density at radius 2 is 1.46 bits per heavy atom. The molecule has 0 unspecified atom stereocenters. The first-order valence-electron chi connectivity index (χ1n) is 8.32. The van der Waals surface area contributed by atoms with Crippen LogP contribution in [0.15, 0.2) is 60.7 Å². The van der Waals surface area contributed by atoms with E-state index in [4.69, 9.17) is 0 Å². The Hall–Kier alpha value is -1.52. The van der Waals surface area contributed by atoms with Gasteiger partial charge < -0.3 is 0 Å². The van der Waals surface area contributed by atoms with Crippen molar-refractivity contribution < 1.29 is 9.37 Å². The monoisotopic (exact) mass is 356 g/mol. The molecule has 1 aliphatic rings. The fourth-order valence-corrected chi connectivity index (χ4v) is 6.17. The molecule has 2 aromatic carbocycles. The average molecular weight is 357 g/mol. The lowest BCUT2D eigenvalue weighted by atomic mass is 10.0. The zero-order chi connectivity index (χ0) is 17.0. The topological polar surface area (TPSA) is 20.1 Å². The van der Waals surface area contributed by atoms with Gasteiger partial charge in [0.25, 0.3) is 4.38 Å². The van der Waals surface area contributed by atoms with Gasteiger partial charge in [0.2, 0.25) is 0 Å². The van der Waals surface area contributed by atoms with E-state index in [0.29, 0.717) is 6.42 Å². The van der Waals surface area contributed by atoms with E-state index in [2.05, 4.69) is 42.7 Å².